The Morgan fingerprint density at radius 3 is 2.53 bits per heavy atom. The lowest BCUT2D eigenvalue weighted by Crippen LogP contribution is -2.30. The van der Waals surface area contributed by atoms with Gasteiger partial charge in [0.1, 0.15) is 0 Å². The molecule has 1 aromatic rings. The molecule has 0 fully saturated rings. The van der Waals surface area contributed by atoms with Crippen molar-refractivity contribution < 1.29 is 0 Å². The van der Waals surface area contributed by atoms with Crippen LogP contribution in [0, 0.1) is 6.92 Å². The van der Waals surface area contributed by atoms with E-state index >= 15 is 0 Å². The Labute approximate surface area is 91.3 Å². The lowest BCUT2D eigenvalue weighted by atomic mass is 10.3. The molecule has 0 aliphatic carbocycles. The highest BCUT2D eigenvalue weighted by atomic mass is 16.1. The lowest BCUT2D eigenvalue weighted by molar-refractivity contribution is 0.289. The summed E-state index contributed by atoms with van der Waals surface area (Å²) in [5.41, 5.74) is 1.22. The fourth-order valence-corrected chi connectivity index (χ4v) is 1.61. The van der Waals surface area contributed by atoms with Crippen molar-refractivity contribution in [1.82, 2.24) is 9.47 Å². The minimum Gasteiger partial charge on any atom is -0.314 e. The van der Waals surface area contributed by atoms with Crippen molar-refractivity contribution in [2.75, 3.05) is 19.6 Å². The molecule has 0 atom stereocenters. The molecule has 0 aliphatic rings. The number of hydrogen-bond donors (Lipinski definition) is 0. The van der Waals surface area contributed by atoms with Gasteiger partial charge in [-0.05, 0) is 25.6 Å². The molecule has 0 aromatic carbocycles. The molecule has 15 heavy (non-hydrogen) atoms. The summed E-state index contributed by atoms with van der Waals surface area (Å²) >= 11 is 0. The first-order valence-electron chi connectivity index (χ1n) is 5.56. The van der Waals surface area contributed by atoms with Crippen LogP contribution in [0.3, 0.4) is 0 Å². The molecule has 0 unspecified atom stereocenters. The molecule has 0 saturated heterocycles. The van der Waals surface area contributed by atoms with Crippen molar-refractivity contribution in [3.63, 3.8) is 0 Å². The number of aryl methyl sites for hydroxylation is 1. The largest absolute Gasteiger partial charge is 0.314 e. The maximum atomic E-state index is 11.5. The molecule has 3 heteroatoms. The van der Waals surface area contributed by atoms with Gasteiger partial charge in [-0.25, -0.2) is 0 Å². The molecule has 84 valence electrons. The van der Waals surface area contributed by atoms with Crippen LogP contribution in [0.2, 0.25) is 0 Å². The quantitative estimate of drug-likeness (QED) is 0.732. The van der Waals surface area contributed by atoms with Gasteiger partial charge < -0.3 is 9.47 Å². The monoisotopic (exact) mass is 208 g/mol. The fourth-order valence-electron chi connectivity index (χ4n) is 1.61. The van der Waals surface area contributed by atoms with Gasteiger partial charge in [-0.1, -0.05) is 19.9 Å². The summed E-state index contributed by atoms with van der Waals surface area (Å²) in [5.74, 6) is 0. The highest BCUT2D eigenvalue weighted by Crippen LogP contribution is 1.94. The van der Waals surface area contributed by atoms with Crippen LogP contribution in [0.1, 0.15) is 19.4 Å². The molecule has 0 amide bonds. The van der Waals surface area contributed by atoms with E-state index in [1.54, 1.807) is 10.6 Å². The highest BCUT2D eigenvalue weighted by Gasteiger charge is 2.00. The van der Waals surface area contributed by atoms with Crippen molar-refractivity contribution in [3.05, 3.63) is 34.2 Å². The molecule has 0 N–H and O–H groups in total. The maximum Gasteiger partial charge on any atom is 0.250 e. The first kappa shape index (κ1) is 12.0. The van der Waals surface area contributed by atoms with Crippen molar-refractivity contribution >= 4 is 0 Å². The summed E-state index contributed by atoms with van der Waals surface area (Å²) in [4.78, 5) is 13.8. The molecule has 1 aromatic heterocycles. The normalized spacial score (nSPS) is 10.9. The Balaban J connectivity index is 2.64. The van der Waals surface area contributed by atoms with Gasteiger partial charge in [0, 0.05) is 25.4 Å². The molecule has 0 aliphatic heterocycles. The van der Waals surface area contributed by atoms with Crippen LogP contribution in [0.4, 0.5) is 0 Å². The summed E-state index contributed by atoms with van der Waals surface area (Å²) in [6, 6.07) is 3.49. The van der Waals surface area contributed by atoms with Crippen molar-refractivity contribution in [1.29, 1.82) is 0 Å². The summed E-state index contributed by atoms with van der Waals surface area (Å²) in [7, 11) is 0. The van der Waals surface area contributed by atoms with E-state index in [4.69, 9.17) is 0 Å². The molecule has 0 saturated carbocycles. The van der Waals surface area contributed by atoms with Crippen LogP contribution in [-0.2, 0) is 6.54 Å². The third kappa shape index (κ3) is 3.51. The minimum absolute atomic E-state index is 0.0905. The van der Waals surface area contributed by atoms with Crippen LogP contribution >= 0.6 is 0 Å². The summed E-state index contributed by atoms with van der Waals surface area (Å²) in [5, 5.41) is 0. The average Bonchev–Trinajstić information content (AvgIpc) is 2.24. The highest BCUT2D eigenvalue weighted by molar-refractivity contribution is 5.07. The molecular weight excluding hydrogens is 188 g/mol. The second kappa shape index (κ2) is 5.71. The first-order chi connectivity index (χ1) is 7.17. The topological polar surface area (TPSA) is 25.2 Å². The zero-order valence-corrected chi connectivity index (χ0v) is 9.86. The van der Waals surface area contributed by atoms with E-state index in [0.717, 1.165) is 31.7 Å². The second-order valence-corrected chi connectivity index (χ2v) is 3.76. The molecule has 3 nitrogen and oxygen atoms in total. The smallest absolute Gasteiger partial charge is 0.250 e. The maximum absolute atomic E-state index is 11.5. The minimum atomic E-state index is 0.0905. The molecule has 0 bridgehead atoms. The Kier molecular flexibility index (Phi) is 4.56. The number of pyridine rings is 1. The third-order valence-electron chi connectivity index (χ3n) is 2.68. The van der Waals surface area contributed by atoms with Crippen LogP contribution in [-0.4, -0.2) is 29.1 Å². The lowest BCUT2D eigenvalue weighted by Gasteiger charge is -2.18. The zero-order chi connectivity index (χ0) is 11.3. The van der Waals surface area contributed by atoms with E-state index in [2.05, 4.69) is 18.7 Å². The molecule has 1 heterocycles. The van der Waals surface area contributed by atoms with E-state index in [1.807, 2.05) is 19.2 Å². The Bertz CT molecular complexity index is 353. The van der Waals surface area contributed by atoms with Crippen LogP contribution in [0.5, 0.6) is 0 Å². The third-order valence-corrected chi connectivity index (χ3v) is 2.68. The van der Waals surface area contributed by atoms with Crippen molar-refractivity contribution in [2.24, 2.45) is 0 Å². The molecular formula is C12H20N2O. The zero-order valence-electron chi connectivity index (χ0n) is 9.86. The molecule has 1 rings (SSSR count). The Hall–Kier alpha value is -1.09. The predicted octanol–water partition coefficient (Wildman–Crippen LogP) is 1.50. The SMILES string of the molecule is CCN(CC)CCn1cc(C)ccc1=O. The van der Waals surface area contributed by atoms with Gasteiger partial charge in [0.25, 0.3) is 5.56 Å². The first-order valence-corrected chi connectivity index (χ1v) is 5.56. The number of rotatable bonds is 5. The number of aromatic nitrogens is 1. The molecule has 0 spiro atoms. The predicted molar refractivity (Wildman–Crippen MR) is 63.2 cm³/mol. The van der Waals surface area contributed by atoms with Crippen LogP contribution in [0.15, 0.2) is 23.1 Å². The van der Waals surface area contributed by atoms with Gasteiger partial charge in [0.15, 0.2) is 0 Å². The second-order valence-electron chi connectivity index (χ2n) is 3.76. The van der Waals surface area contributed by atoms with E-state index < -0.39 is 0 Å². The standard InChI is InChI=1S/C12H20N2O/c1-4-13(5-2)8-9-14-10-11(3)6-7-12(14)15/h6-7,10H,4-5,8-9H2,1-3H3. The van der Waals surface area contributed by atoms with Crippen LogP contribution < -0.4 is 5.56 Å². The van der Waals surface area contributed by atoms with E-state index in [0.29, 0.717) is 0 Å². The summed E-state index contributed by atoms with van der Waals surface area (Å²) in [6.07, 6.45) is 1.92. The van der Waals surface area contributed by atoms with Gasteiger partial charge in [-0.2, -0.15) is 0 Å². The average molecular weight is 208 g/mol. The van der Waals surface area contributed by atoms with Gasteiger partial charge in [0.05, 0.1) is 0 Å². The van der Waals surface area contributed by atoms with E-state index in [1.165, 1.54) is 0 Å². The van der Waals surface area contributed by atoms with Crippen molar-refractivity contribution in [3.8, 4) is 0 Å². The summed E-state index contributed by atoms with van der Waals surface area (Å²) in [6.45, 7) is 10.1. The summed E-state index contributed by atoms with van der Waals surface area (Å²) < 4.78 is 1.79. The number of hydrogen-bond acceptors (Lipinski definition) is 2. The van der Waals surface area contributed by atoms with E-state index in [9.17, 15) is 4.79 Å². The number of nitrogens with zero attached hydrogens (tertiary/aromatic N) is 2. The van der Waals surface area contributed by atoms with Gasteiger partial charge >= 0.3 is 0 Å². The van der Waals surface area contributed by atoms with Gasteiger partial charge in [0.2, 0.25) is 0 Å². The number of likely N-dealkylation sites (N-methyl/N-ethyl adjacent to an activating group) is 1. The molecule has 0 radical (unpaired) electrons. The Morgan fingerprint density at radius 2 is 1.93 bits per heavy atom. The Morgan fingerprint density at radius 1 is 1.27 bits per heavy atom. The fraction of sp³-hybridized carbons (Fsp3) is 0.583. The van der Waals surface area contributed by atoms with Gasteiger partial charge in [-0.15, -0.1) is 0 Å². The van der Waals surface area contributed by atoms with Crippen LogP contribution in [0.25, 0.3) is 0 Å². The van der Waals surface area contributed by atoms with E-state index in [-0.39, 0.29) is 5.56 Å². The van der Waals surface area contributed by atoms with Crippen molar-refractivity contribution in [2.45, 2.75) is 27.3 Å². The van der Waals surface area contributed by atoms with Gasteiger partial charge in [-0.3, -0.25) is 4.79 Å².